The van der Waals surface area contributed by atoms with Crippen LogP contribution in [0.3, 0.4) is 0 Å². The van der Waals surface area contributed by atoms with Gasteiger partial charge in [0.15, 0.2) is 0 Å². The number of nitriles is 1. The number of hydrogen-bond donors (Lipinski definition) is 0. The minimum absolute atomic E-state index is 0.635. The molecule has 0 saturated carbocycles. The summed E-state index contributed by atoms with van der Waals surface area (Å²) in [6.07, 6.45) is 3.56. The van der Waals surface area contributed by atoms with Crippen LogP contribution in [-0.4, -0.2) is 9.13 Å². The normalized spacial score (nSPS) is 11.5. The first-order chi connectivity index (χ1) is 26.1. The highest BCUT2D eigenvalue weighted by molar-refractivity contribution is 6.13. The van der Waals surface area contributed by atoms with Crippen molar-refractivity contribution in [1.29, 1.82) is 5.26 Å². The monoisotopic (exact) mass is 677 g/mol. The van der Waals surface area contributed by atoms with Crippen molar-refractivity contribution in [3.8, 4) is 39.7 Å². The molecule has 0 bridgehead atoms. The van der Waals surface area contributed by atoms with Crippen molar-refractivity contribution in [1.82, 2.24) is 9.13 Å². The van der Waals surface area contributed by atoms with Crippen LogP contribution in [0.15, 0.2) is 169 Å². The molecule has 7 aromatic carbocycles. The molecule has 0 aliphatic rings. The second-order valence-electron chi connectivity index (χ2n) is 13.4. The van der Waals surface area contributed by atoms with E-state index in [0.717, 1.165) is 77.7 Å². The maximum absolute atomic E-state index is 9.50. The fraction of sp³-hybridized carbons (Fsp3) is 0. The van der Waals surface area contributed by atoms with E-state index in [-0.39, 0.29) is 0 Å². The van der Waals surface area contributed by atoms with Gasteiger partial charge in [-0.25, -0.2) is 0 Å². The largest absolute Gasteiger partial charge is 0.456 e. The van der Waals surface area contributed by atoms with Crippen molar-refractivity contribution in [2.45, 2.75) is 0 Å². The van der Waals surface area contributed by atoms with E-state index in [4.69, 9.17) is 4.42 Å². The molecule has 3 heterocycles. The minimum Gasteiger partial charge on any atom is -0.456 e. The molecular formula is C49H31N3O. The van der Waals surface area contributed by atoms with E-state index in [1.165, 1.54) is 21.8 Å². The fourth-order valence-electron chi connectivity index (χ4n) is 8.03. The maximum Gasteiger partial charge on any atom is 0.136 e. The lowest BCUT2D eigenvalue weighted by atomic mass is 9.98. The van der Waals surface area contributed by atoms with Crippen LogP contribution in [0.4, 0.5) is 0 Å². The molecule has 0 amide bonds. The second-order valence-corrected chi connectivity index (χ2v) is 13.4. The summed E-state index contributed by atoms with van der Waals surface area (Å²) < 4.78 is 10.8. The quantitative estimate of drug-likeness (QED) is 0.176. The predicted molar refractivity (Wildman–Crippen MR) is 221 cm³/mol. The van der Waals surface area contributed by atoms with E-state index in [1.54, 1.807) is 6.08 Å². The molecule has 0 aliphatic heterocycles. The summed E-state index contributed by atoms with van der Waals surface area (Å²) in [7, 11) is 0. The van der Waals surface area contributed by atoms with Gasteiger partial charge in [0.25, 0.3) is 0 Å². The maximum atomic E-state index is 9.50. The number of rotatable bonds is 6. The molecule has 10 rings (SSSR count). The van der Waals surface area contributed by atoms with Crippen molar-refractivity contribution < 1.29 is 4.42 Å². The van der Waals surface area contributed by atoms with Crippen molar-refractivity contribution in [3.63, 3.8) is 0 Å². The van der Waals surface area contributed by atoms with Gasteiger partial charge in [0.2, 0.25) is 0 Å². The molecule has 0 unspecified atom stereocenters. The Labute approximate surface area is 306 Å². The molecule has 0 radical (unpaired) electrons. The lowest BCUT2D eigenvalue weighted by Crippen LogP contribution is -1.94. The number of aromatic nitrogens is 2. The Hall–Kier alpha value is -7.35. The highest BCUT2D eigenvalue weighted by Gasteiger charge is 2.18. The molecule has 0 aliphatic carbocycles. The molecular weight excluding hydrogens is 647 g/mol. The lowest BCUT2D eigenvalue weighted by molar-refractivity contribution is 0.603. The Morgan fingerprint density at radius 1 is 0.472 bits per heavy atom. The smallest absolute Gasteiger partial charge is 0.136 e. The Balaban J connectivity index is 1.18. The second kappa shape index (κ2) is 11.9. The van der Waals surface area contributed by atoms with Crippen LogP contribution in [0, 0.1) is 11.3 Å². The molecule has 0 fully saturated rings. The molecule has 248 valence electrons. The molecule has 3 aromatic heterocycles. The summed E-state index contributed by atoms with van der Waals surface area (Å²) in [5.74, 6) is 0.725. The highest BCUT2D eigenvalue weighted by Crippen LogP contribution is 2.40. The van der Waals surface area contributed by atoms with Crippen molar-refractivity contribution in [3.05, 3.63) is 182 Å². The van der Waals surface area contributed by atoms with E-state index in [2.05, 4.69) is 156 Å². The first-order valence-corrected chi connectivity index (χ1v) is 17.6. The summed E-state index contributed by atoms with van der Waals surface area (Å²) in [4.78, 5) is 0. The third-order valence-electron chi connectivity index (χ3n) is 10.5. The predicted octanol–water partition coefficient (Wildman–Crippen LogP) is 13.1. The van der Waals surface area contributed by atoms with Crippen molar-refractivity contribution in [2.75, 3.05) is 0 Å². The Morgan fingerprint density at radius 3 is 1.57 bits per heavy atom. The third kappa shape index (κ3) is 4.69. The van der Waals surface area contributed by atoms with Gasteiger partial charge in [0.1, 0.15) is 11.3 Å². The Kier molecular flexibility index (Phi) is 6.83. The summed E-state index contributed by atoms with van der Waals surface area (Å²) in [5, 5.41) is 15.3. The van der Waals surface area contributed by atoms with Crippen LogP contribution in [-0.2, 0) is 0 Å². The van der Waals surface area contributed by atoms with Gasteiger partial charge in [0, 0.05) is 43.9 Å². The molecule has 0 spiro atoms. The fourth-order valence-corrected chi connectivity index (χ4v) is 8.03. The molecule has 0 atom stereocenters. The molecule has 0 N–H and O–H groups in total. The van der Waals surface area contributed by atoms with Crippen molar-refractivity contribution in [2.24, 2.45) is 0 Å². The average molecular weight is 678 g/mol. The lowest BCUT2D eigenvalue weighted by Gasteiger charge is -2.09. The van der Waals surface area contributed by atoms with E-state index in [0.29, 0.717) is 5.56 Å². The number of nitrogens with zero attached hydrogens (tertiary/aromatic N) is 3. The third-order valence-corrected chi connectivity index (χ3v) is 10.5. The van der Waals surface area contributed by atoms with E-state index in [9.17, 15) is 5.26 Å². The van der Waals surface area contributed by atoms with Crippen LogP contribution in [0.1, 0.15) is 16.9 Å². The van der Waals surface area contributed by atoms with Crippen LogP contribution in [0.5, 0.6) is 0 Å². The van der Waals surface area contributed by atoms with Crippen molar-refractivity contribution >= 4 is 66.7 Å². The molecule has 4 nitrogen and oxygen atoms in total. The summed E-state index contributed by atoms with van der Waals surface area (Å²) in [6.45, 7) is 7.91. The highest BCUT2D eigenvalue weighted by atomic mass is 16.3. The van der Waals surface area contributed by atoms with E-state index in [1.807, 2.05) is 30.3 Å². The van der Waals surface area contributed by atoms with Gasteiger partial charge in [-0.3, -0.25) is 0 Å². The van der Waals surface area contributed by atoms with Gasteiger partial charge in [-0.15, -0.1) is 0 Å². The van der Waals surface area contributed by atoms with Gasteiger partial charge in [-0.1, -0.05) is 79.9 Å². The summed E-state index contributed by atoms with van der Waals surface area (Å²) in [6, 6.07) is 55.8. The van der Waals surface area contributed by atoms with Gasteiger partial charge in [-0.2, -0.15) is 5.26 Å². The summed E-state index contributed by atoms with van der Waals surface area (Å²) in [5.41, 5.74) is 13.6. The Morgan fingerprint density at radius 2 is 0.981 bits per heavy atom. The standard InChI is InChI=1S/C49H31N3O/c1-3-38-40-22-16-35(29-49(40)53-48(38)4-2)34-19-25-47-43(28-34)42-27-33(18-24-46(42)52(47)37-20-14-31(30-50)15-21-37)32-17-23-45-41(26-32)39-12-8-9-13-44(39)51(45)36-10-6-5-7-11-36/h3-29H,1-2H2. The zero-order valence-electron chi connectivity index (χ0n) is 28.8. The molecule has 0 saturated heterocycles. The number of hydrogen-bond acceptors (Lipinski definition) is 2. The van der Waals surface area contributed by atoms with Gasteiger partial charge >= 0.3 is 0 Å². The topological polar surface area (TPSA) is 46.8 Å². The first-order valence-electron chi connectivity index (χ1n) is 17.6. The molecule has 4 heteroatoms. The number of benzene rings is 7. The SMILES string of the molecule is C=Cc1oc2cc(-c3ccc4c(c3)c3cc(-c5ccc6c(c5)c5ccccc5n6-c5ccccc5)ccc3n4-c3ccc(C#N)cc3)ccc2c1C=C. The van der Waals surface area contributed by atoms with E-state index < -0.39 is 0 Å². The van der Waals surface area contributed by atoms with Crippen LogP contribution < -0.4 is 0 Å². The van der Waals surface area contributed by atoms with E-state index >= 15 is 0 Å². The Bertz CT molecular complexity index is 3150. The zero-order valence-corrected chi connectivity index (χ0v) is 28.8. The number of furan rings is 1. The van der Waals surface area contributed by atoms with Crippen LogP contribution >= 0.6 is 0 Å². The van der Waals surface area contributed by atoms with Crippen LogP contribution in [0.2, 0.25) is 0 Å². The molecule has 53 heavy (non-hydrogen) atoms. The summed E-state index contributed by atoms with van der Waals surface area (Å²) >= 11 is 0. The number of para-hydroxylation sites is 2. The number of fused-ring (bicyclic) bond motifs is 7. The first kappa shape index (κ1) is 30.5. The van der Waals surface area contributed by atoms with Gasteiger partial charge in [0.05, 0.1) is 33.7 Å². The van der Waals surface area contributed by atoms with Gasteiger partial charge < -0.3 is 13.6 Å². The van der Waals surface area contributed by atoms with Crippen LogP contribution in [0.25, 0.3) is 100 Å². The average Bonchev–Trinajstić information content (AvgIpc) is 3.87. The zero-order chi connectivity index (χ0) is 35.6. The minimum atomic E-state index is 0.635. The van der Waals surface area contributed by atoms with Gasteiger partial charge in [-0.05, 0) is 119 Å². The molecule has 10 aromatic rings.